The molecule has 31 heavy (non-hydrogen) atoms. The van der Waals surface area contributed by atoms with Gasteiger partial charge in [-0.05, 0) is 42.8 Å². The van der Waals surface area contributed by atoms with Crippen LogP contribution in [0.15, 0.2) is 90.0 Å². The Morgan fingerprint density at radius 1 is 0.903 bits per heavy atom. The Labute approximate surface area is 181 Å². The van der Waals surface area contributed by atoms with E-state index in [1.165, 1.54) is 12.1 Å². The van der Waals surface area contributed by atoms with E-state index in [9.17, 15) is 13.2 Å². The van der Waals surface area contributed by atoms with Crippen LogP contribution < -0.4 is 5.32 Å². The topological polar surface area (TPSA) is 81.1 Å². The molecule has 0 saturated heterocycles. The minimum absolute atomic E-state index is 0.213. The summed E-state index contributed by atoms with van der Waals surface area (Å²) in [6.07, 6.45) is 2.84. The molecule has 0 unspecified atom stereocenters. The van der Waals surface area contributed by atoms with Crippen molar-refractivity contribution in [2.45, 2.75) is 11.8 Å². The smallest absolute Gasteiger partial charge is 0.259 e. The Balaban J connectivity index is 1.78. The molecule has 0 aliphatic carbocycles. The SMILES string of the molecule is Cc1ccccc1NC(=O)c1cn(-c2ccccc2)nc1-c1ccc(S(C)(=O)=O)cc1. The lowest BCUT2D eigenvalue weighted by atomic mass is 10.1. The van der Waals surface area contributed by atoms with Crippen molar-refractivity contribution in [1.29, 1.82) is 0 Å². The van der Waals surface area contributed by atoms with Crippen molar-refractivity contribution in [1.82, 2.24) is 9.78 Å². The first-order valence-electron chi connectivity index (χ1n) is 9.65. The largest absolute Gasteiger partial charge is 0.322 e. The highest BCUT2D eigenvalue weighted by Crippen LogP contribution is 2.26. The lowest BCUT2D eigenvalue weighted by Gasteiger charge is -2.08. The molecule has 0 aliphatic heterocycles. The van der Waals surface area contributed by atoms with Crippen molar-refractivity contribution in [2.75, 3.05) is 11.6 Å². The van der Waals surface area contributed by atoms with Crippen LogP contribution in [-0.4, -0.2) is 30.4 Å². The van der Waals surface area contributed by atoms with Crippen LogP contribution in [0.2, 0.25) is 0 Å². The molecule has 0 fully saturated rings. The van der Waals surface area contributed by atoms with Crippen molar-refractivity contribution < 1.29 is 13.2 Å². The van der Waals surface area contributed by atoms with Crippen LogP contribution in [0.3, 0.4) is 0 Å². The Bertz CT molecular complexity index is 1340. The van der Waals surface area contributed by atoms with Gasteiger partial charge in [-0.1, -0.05) is 48.5 Å². The summed E-state index contributed by atoms with van der Waals surface area (Å²) in [5, 5.41) is 7.58. The number of hydrogen-bond donors (Lipinski definition) is 1. The molecule has 0 aliphatic rings. The average molecular weight is 432 g/mol. The summed E-state index contributed by atoms with van der Waals surface area (Å²) in [5.74, 6) is -0.293. The van der Waals surface area contributed by atoms with Crippen LogP contribution in [0.5, 0.6) is 0 Å². The van der Waals surface area contributed by atoms with E-state index in [1.54, 1.807) is 23.0 Å². The molecular formula is C24H21N3O3S. The number of nitrogens with one attached hydrogen (secondary N) is 1. The van der Waals surface area contributed by atoms with E-state index in [1.807, 2.05) is 61.5 Å². The van der Waals surface area contributed by atoms with Gasteiger partial charge in [0.05, 0.1) is 16.1 Å². The van der Waals surface area contributed by atoms with Crippen molar-refractivity contribution in [3.05, 3.63) is 96.2 Å². The van der Waals surface area contributed by atoms with E-state index in [2.05, 4.69) is 10.4 Å². The average Bonchev–Trinajstić information content (AvgIpc) is 3.21. The summed E-state index contributed by atoms with van der Waals surface area (Å²) >= 11 is 0. The number of carbonyl (C=O) groups is 1. The molecule has 0 spiro atoms. The summed E-state index contributed by atoms with van der Waals surface area (Å²) in [5.41, 5.74) is 3.99. The number of sulfone groups is 1. The van der Waals surface area contributed by atoms with Crippen LogP contribution in [0.1, 0.15) is 15.9 Å². The third-order valence-corrected chi connectivity index (χ3v) is 6.06. The second-order valence-electron chi connectivity index (χ2n) is 7.24. The highest BCUT2D eigenvalue weighted by molar-refractivity contribution is 7.90. The number of hydrogen-bond acceptors (Lipinski definition) is 4. The fourth-order valence-electron chi connectivity index (χ4n) is 3.23. The quantitative estimate of drug-likeness (QED) is 0.504. The van der Waals surface area contributed by atoms with Gasteiger partial charge in [0.25, 0.3) is 5.91 Å². The maximum atomic E-state index is 13.2. The predicted molar refractivity (Wildman–Crippen MR) is 121 cm³/mol. The summed E-state index contributed by atoms with van der Waals surface area (Å²) < 4.78 is 25.2. The molecule has 156 valence electrons. The molecule has 3 aromatic carbocycles. The van der Waals surface area contributed by atoms with Crippen molar-refractivity contribution in [3.8, 4) is 16.9 Å². The number of carbonyl (C=O) groups excluding carboxylic acids is 1. The molecule has 0 radical (unpaired) electrons. The third-order valence-electron chi connectivity index (χ3n) is 4.93. The lowest BCUT2D eigenvalue weighted by molar-refractivity contribution is 0.102. The van der Waals surface area contributed by atoms with Gasteiger partial charge in [0, 0.05) is 23.7 Å². The fraction of sp³-hybridized carbons (Fsp3) is 0.0833. The van der Waals surface area contributed by atoms with E-state index < -0.39 is 9.84 Å². The second kappa shape index (κ2) is 8.20. The monoisotopic (exact) mass is 431 g/mol. The molecule has 7 heteroatoms. The zero-order valence-electron chi connectivity index (χ0n) is 17.1. The number of aromatic nitrogens is 2. The molecule has 4 rings (SSSR count). The molecule has 4 aromatic rings. The predicted octanol–water partition coefficient (Wildman–Crippen LogP) is 4.50. The minimum atomic E-state index is -3.32. The Morgan fingerprint density at radius 2 is 1.55 bits per heavy atom. The molecule has 1 amide bonds. The molecule has 1 heterocycles. The first-order valence-corrected chi connectivity index (χ1v) is 11.5. The van der Waals surface area contributed by atoms with Crippen LogP contribution >= 0.6 is 0 Å². The standard InChI is InChI=1S/C24H21N3O3S/c1-17-8-6-7-11-22(17)25-24(28)21-16-27(19-9-4-3-5-10-19)26-23(21)18-12-14-20(15-13-18)31(2,29)30/h3-16H,1-2H3,(H,25,28). The van der Waals surface area contributed by atoms with Crippen LogP contribution in [-0.2, 0) is 9.84 Å². The van der Waals surface area contributed by atoms with Gasteiger partial charge in [-0.3, -0.25) is 4.79 Å². The van der Waals surface area contributed by atoms with Gasteiger partial charge in [-0.15, -0.1) is 0 Å². The molecule has 0 bridgehead atoms. The number of para-hydroxylation sites is 2. The molecule has 1 aromatic heterocycles. The highest BCUT2D eigenvalue weighted by Gasteiger charge is 2.20. The summed E-state index contributed by atoms with van der Waals surface area (Å²) in [6.45, 7) is 1.92. The summed E-state index contributed by atoms with van der Waals surface area (Å²) in [7, 11) is -3.32. The van der Waals surface area contributed by atoms with Gasteiger partial charge in [-0.2, -0.15) is 5.10 Å². The van der Waals surface area contributed by atoms with Gasteiger partial charge in [0.15, 0.2) is 9.84 Å². The zero-order chi connectivity index (χ0) is 22.0. The van der Waals surface area contributed by atoms with E-state index >= 15 is 0 Å². The van der Waals surface area contributed by atoms with Crippen molar-refractivity contribution in [2.24, 2.45) is 0 Å². The number of nitrogens with zero attached hydrogens (tertiary/aromatic N) is 2. The summed E-state index contributed by atoms with van der Waals surface area (Å²) in [4.78, 5) is 13.4. The maximum Gasteiger partial charge on any atom is 0.259 e. The van der Waals surface area contributed by atoms with Gasteiger partial charge in [-0.25, -0.2) is 13.1 Å². The Kier molecular flexibility index (Phi) is 5.44. The normalized spacial score (nSPS) is 11.3. The first-order chi connectivity index (χ1) is 14.8. The Hall–Kier alpha value is -3.71. The van der Waals surface area contributed by atoms with Crippen molar-refractivity contribution in [3.63, 3.8) is 0 Å². The van der Waals surface area contributed by atoms with E-state index in [0.29, 0.717) is 16.8 Å². The summed E-state index contributed by atoms with van der Waals surface area (Å²) in [6, 6.07) is 23.4. The maximum absolute atomic E-state index is 13.2. The molecule has 1 N–H and O–H groups in total. The number of benzene rings is 3. The van der Waals surface area contributed by atoms with Crippen LogP contribution in [0.4, 0.5) is 5.69 Å². The number of anilines is 1. The Morgan fingerprint density at radius 3 is 2.19 bits per heavy atom. The van der Waals surface area contributed by atoms with Gasteiger partial charge in [0.2, 0.25) is 0 Å². The zero-order valence-corrected chi connectivity index (χ0v) is 17.9. The minimum Gasteiger partial charge on any atom is -0.322 e. The van der Waals surface area contributed by atoms with Crippen LogP contribution in [0, 0.1) is 6.92 Å². The number of aryl methyl sites for hydroxylation is 1. The molecule has 0 atom stereocenters. The van der Waals surface area contributed by atoms with E-state index in [0.717, 1.165) is 23.2 Å². The molecular weight excluding hydrogens is 410 g/mol. The van der Waals surface area contributed by atoms with Crippen molar-refractivity contribution >= 4 is 21.4 Å². The molecule has 0 saturated carbocycles. The third kappa shape index (κ3) is 4.41. The second-order valence-corrected chi connectivity index (χ2v) is 9.25. The number of rotatable bonds is 5. The van der Waals surface area contributed by atoms with E-state index in [4.69, 9.17) is 0 Å². The van der Waals surface area contributed by atoms with Gasteiger partial charge >= 0.3 is 0 Å². The highest BCUT2D eigenvalue weighted by atomic mass is 32.2. The van der Waals surface area contributed by atoms with E-state index in [-0.39, 0.29) is 10.8 Å². The molecule has 6 nitrogen and oxygen atoms in total. The van der Waals surface area contributed by atoms with Gasteiger partial charge < -0.3 is 5.32 Å². The lowest BCUT2D eigenvalue weighted by Crippen LogP contribution is -2.13. The van der Waals surface area contributed by atoms with Crippen LogP contribution in [0.25, 0.3) is 16.9 Å². The first kappa shape index (κ1) is 20.6. The number of amides is 1. The fourth-order valence-corrected chi connectivity index (χ4v) is 3.86. The van der Waals surface area contributed by atoms with Gasteiger partial charge in [0.1, 0.15) is 5.69 Å².